The zero-order valence-corrected chi connectivity index (χ0v) is 13.9. The normalized spacial score (nSPS) is 17.1. The van der Waals surface area contributed by atoms with Crippen molar-refractivity contribution in [2.75, 3.05) is 32.5 Å². The Labute approximate surface area is 136 Å². The lowest BCUT2D eigenvalue weighted by Crippen LogP contribution is -2.27. The first-order chi connectivity index (χ1) is 9.78. The van der Waals surface area contributed by atoms with Gasteiger partial charge in [-0.05, 0) is 56.1 Å². The molecule has 1 atom stereocenters. The average Bonchev–Trinajstić information content (AvgIpc) is 2.99. The van der Waals surface area contributed by atoms with Crippen LogP contribution in [-0.2, 0) is 4.79 Å². The molecule has 1 aromatic rings. The predicted molar refractivity (Wildman–Crippen MR) is 89.6 cm³/mol. The molecule has 4 nitrogen and oxygen atoms in total. The maximum absolute atomic E-state index is 11.7. The van der Waals surface area contributed by atoms with Crippen LogP contribution in [0.5, 0.6) is 5.75 Å². The summed E-state index contributed by atoms with van der Waals surface area (Å²) in [7, 11) is 1.65. The van der Waals surface area contributed by atoms with E-state index in [4.69, 9.17) is 4.74 Å². The minimum atomic E-state index is 0. The summed E-state index contributed by atoms with van der Waals surface area (Å²) in [6.45, 7) is 3.00. The number of carbonyl (C=O) groups is 1. The zero-order chi connectivity index (χ0) is 14.2. The second kappa shape index (κ2) is 9.92. The van der Waals surface area contributed by atoms with Crippen LogP contribution in [0.2, 0.25) is 0 Å². The third-order valence-electron chi connectivity index (χ3n) is 3.47. The Balaban J connectivity index is 0.00000220. The Kier molecular flexibility index (Phi) is 8.57. The van der Waals surface area contributed by atoms with Crippen LogP contribution in [-0.4, -0.2) is 38.4 Å². The Hall–Kier alpha value is -0.910. The molecule has 1 aliphatic rings. The predicted octanol–water partition coefficient (Wildman–Crippen LogP) is 2.32. The lowest BCUT2D eigenvalue weighted by molar-refractivity contribution is -0.118. The molecule has 1 fully saturated rings. The van der Waals surface area contributed by atoms with Crippen molar-refractivity contribution in [3.05, 3.63) is 24.3 Å². The van der Waals surface area contributed by atoms with Crippen molar-refractivity contribution in [2.45, 2.75) is 17.7 Å². The van der Waals surface area contributed by atoms with Crippen molar-refractivity contribution in [3.8, 4) is 5.75 Å². The zero-order valence-electron chi connectivity index (χ0n) is 12.3. The van der Waals surface area contributed by atoms with E-state index in [1.54, 1.807) is 18.9 Å². The number of hydrogen-bond acceptors (Lipinski definition) is 4. The van der Waals surface area contributed by atoms with E-state index in [0.717, 1.165) is 42.6 Å². The van der Waals surface area contributed by atoms with Crippen LogP contribution >= 0.6 is 24.2 Å². The van der Waals surface area contributed by atoms with Gasteiger partial charge in [0.25, 0.3) is 0 Å². The first-order valence-corrected chi connectivity index (χ1v) is 8.01. The van der Waals surface area contributed by atoms with Gasteiger partial charge in [-0.2, -0.15) is 0 Å². The smallest absolute Gasteiger partial charge is 0.230 e. The van der Waals surface area contributed by atoms with Gasteiger partial charge in [0.05, 0.1) is 12.9 Å². The summed E-state index contributed by atoms with van der Waals surface area (Å²) in [5.41, 5.74) is 0. The van der Waals surface area contributed by atoms with E-state index in [0.29, 0.717) is 5.75 Å². The minimum absolute atomic E-state index is 0. The molecule has 1 aromatic carbocycles. The van der Waals surface area contributed by atoms with Crippen LogP contribution in [0.4, 0.5) is 0 Å². The molecule has 1 unspecified atom stereocenters. The first kappa shape index (κ1) is 18.1. The molecule has 0 bridgehead atoms. The van der Waals surface area contributed by atoms with Crippen LogP contribution in [0, 0.1) is 5.92 Å². The molecule has 1 aliphatic heterocycles. The quantitative estimate of drug-likeness (QED) is 0.753. The highest BCUT2D eigenvalue weighted by molar-refractivity contribution is 8.00. The summed E-state index contributed by atoms with van der Waals surface area (Å²) >= 11 is 1.55. The Bertz CT molecular complexity index is 422. The fourth-order valence-electron chi connectivity index (χ4n) is 2.25. The van der Waals surface area contributed by atoms with Crippen LogP contribution < -0.4 is 15.4 Å². The van der Waals surface area contributed by atoms with Gasteiger partial charge in [0.1, 0.15) is 5.75 Å². The number of halogens is 1. The number of carbonyl (C=O) groups excluding carboxylic acids is 1. The Morgan fingerprint density at radius 2 is 2.19 bits per heavy atom. The lowest BCUT2D eigenvalue weighted by atomic mass is 10.1. The summed E-state index contributed by atoms with van der Waals surface area (Å²) in [4.78, 5) is 12.8. The van der Waals surface area contributed by atoms with Crippen LogP contribution in [0.15, 0.2) is 29.2 Å². The number of benzene rings is 1. The molecule has 118 valence electrons. The summed E-state index contributed by atoms with van der Waals surface area (Å²) < 4.78 is 5.10. The molecule has 1 saturated heterocycles. The number of methoxy groups -OCH3 is 1. The summed E-state index contributed by atoms with van der Waals surface area (Å²) in [6, 6.07) is 7.77. The molecule has 0 spiro atoms. The third kappa shape index (κ3) is 6.59. The van der Waals surface area contributed by atoms with Gasteiger partial charge in [-0.3, -0.25) is 4.79 Å². The average molecular weight is 331 g/mol. The SMILES string of the molecule is COc1ccc(SCC(=O)NCCC2CCNC2)cc1.Cl. The maximum atomic E-state index is 11.7. The topological polar surface area (TPSA) is 50.4 Å². The van der Waals surface area contributed by atoms with Gasteiger partial charge in [0, 0.05) is 11.4 Å². The highest BCUT2D eigenvalue weighted by Crippen LogP contribution is 2.20. The summed E-state index contributed by atoms with van der Waals surface area (Å²) in [5, 5.41) is 6.33. The number of thioether (sulfide) groups is 1. The van der Waals surface area contributed by atoms with E-state index in [1.807, 2.05) is 24.3 Å². The van der Waals surface area contributed by atoms with Crippen LogP contribution in [0.3, 0.4) is 0 Å². The van der Waals surface area contributed by atoms with Gasteiger partial charge in [-0.15, -0.1) is 24.2 Å². The minimum Gasteiger partial charge on any atom is -0.497 e. The lowest BCUT2D eigenvalue weighted by Gasteiger charge is -2.09. The van der Waals surface area contributed by atoms with Gasteiger partial charge in [-0.1, -0.05) is 0 Å². The molecule has 0 aliphatic carbocycles. The Morgan fingerprint density at radius 3 is 2.81 bits per heavy atom. The molecule has 1 amide bonds. The molecular weight excluding hydrogens is 308 g/mol. The third-order valence-corrected chi connectivity index (χ3v) is 4.48. The van der Waals surface area contributed by atoms with Crippen molar-refractivity contribution in [2.24, 2.45) is 5.92 Å². The molecule has 2 N–H and O–H groups in total. The van der Waals surface area contributed by atoms with Crippen molar-refractivity contribution in [1.29, 1.82) is 0 Å². The summed E-state index contributed by atoms with van der Waals surface area (Å²) in [5.74, 6) is 2.14. The molecule has 21 heavy (non-hydrogen) atoms. The monoisotopic (exact) mass is 330 g/mol. The van der Waals surface area contributed by atoms with Crippen molar-refractivity contribution >= 4 is 30.1 Å². The molecule has 0 radical (unpaired) electrons. The molecule has 6 heteroatoms. The van der Waals surface area contributed by atoms with E-state index in [1.165, 1.54) is 6.42 Å². The van der Waals surface area contributed by atoms with Gasteiger partial charge >= 0.3 is 0 Å². The van der Waals surface area contributed by atoms with E-state index in [9.17, 15) is 4.79 Å². The molecule has 2 rings (SSSR count). The molecule has 1 heterocycles. The van der Waals surface area contributed by atoms with Gasteiger partial charge < -0.3 is 15.4 Å². The fraction of sp³-hybridized carbons (Fsp3) is 0.533. The molecule has 0 saturated carbocycles. The van der Waals surface area contributed by atoms with E-state index < -0.39 is 0 Å². The molecule has 0 aromatic heterocycles. The number of rotatable bonds is 7. The van der Waals surface area contributed by atoms with Gasteiger partial charge in [0.15, 0.2) is 0 Å². The number of hydrogen-bond donors (Lipinski definition) is 2. The highest BCUT2D eigenvalue weighted by Gasteiger charge is 2.14. The number of nitrogens with one attached hydrogen (secondary N) is 2. The Morgan fingerprint density at radius 1 is 1.43 bits per heavy atom. The first-order valence-electron chi connectivity index (χ1n) is 7.02. The summed E-state index contributed by atoms with van der Waals surface area (Å²) in [6.07, 6.45) is 2.31. The number of ether oxygens (including phenoxy) is 1. The van der Waals surface area contributed by atoms with Gasteiger partial charge in [-0.25, -0.2) is 0 Å². The number of amides is 1. The standard InChI is InChI=1S/C15H22N2O2S.ClH/c1-19-13-2-4-14(5-3-13)20-11-15(18)17-9-7-12-6-8-16-10-12;/h2-5,12,16H,6-11H2,1H3,(H,17,18);1H. The van der Waals surface area contributed by atoms with E-state index >= 15 is 0 Å². The van der Waals surface area contributed by atoms with Crippen molar-refractivity contribution in [1.82, 2.24) is 10.6 Å². The largest absolute Gasteiger partial charge is 0.497 e. The van der Waals surface area contributed by atoms with Crippen LogP contribution in [0.25, 0.3) is 0 Å². The van der Waals surface area contributed by atoms with Crippen molar-refractivity contribution in [3.63, 3.8) is 0 Å². The highest BCUT2D eigenvalue weighted by atomic mass is 35.5. The van der Waals surface area contributed by atoms with Crippen molar-refractivity contribution < 1.29 is 9.53 Å². The van der Waals surface area contributed by atoms with E-state index in [2.05, 4.69) is 10.6 Å². The second-order valence-corrected chi connectivity index (χ2v) is 6.01. The maximum Gasteiger partial charge on any atom is 0.230 e. The fourth-order valence-corrected chi connectivity index (χ4v) is 2.98. The second-order valence-electron chi connectivity index (χ2n) is 4.96. The van der Waals surface area contributed by atoms with Crippen LogP contribution in [0.1, 0.15) is 12.8 Å². The van der Waals surface area contributed by atoms with E-state index in [-0.39, 0.29) is 18.3 Å². The van der Waals surface area contributed by atoms with Gasteiger partial charge in [0.2, 0.25) is 5.91 Å². The molecular formula is C15H23ClN2O2S.